The zero-order valence-electron chi connectivity index (χ0n) is 14.8. The average molecular weight is 419 g/mol. The molecule has 1 aromatic carbocycles. The summed E-state index contributed by atoms with van der Waals surface area (Å²) in [5.41, 5.74) is 1.41. The van der Waals surface area contributed by atoms with Crippen molar-refractivity contribution in [1.82, 2.24) is 9.55 Å². The van der Waals surface area contributed by atoms with Crippen molar-refractivity contribution in [2.45, 2.75) is 39.3 Å². The molecular weight excluding hydrogens is 400 g/mol. The standard InChI is InChI=1S/C18H19BrN4O3/c1-18(2,3)26-17(24)22-8-4-7-21-15-12-6-5-11(19)9-14(12)23(25)10-13(15)20-16(21)22/h5-6,9-10H,4,7-8H2,1-3H3. The molecule has 0 saturated carbocycles. The number of pyridine rings is 1. The second-order valence-corrected chi connectivity index (χ2v) is 8.31. The zero-order valence-corrected chi connectivity index (χ0v) is 16.4. The monoisotopic (exact) mass is 418 g/mol. The van der Waals surface area contributed by atoms with E-state index in [0.29, 0.717) is 23.5 Å². The summed E-state index contributed by atoms with van der Waals surface area (Å²) in [5, 5.41) is 13.2. The molecule has 0 saturated heterocycles. The number of nitrogens with zero attached hydrogens (tertiary/aromatic N) is 4. The fourth-order valence-electron chi connectivity index (χ4n) is 3.30. The summed E-state index contributed by atoms with van der Waals surface area (Å²) in [6.07, 6.45) is 1.83. The Labute approximate surface area is 158 Å². The smallest absolute Gasteiger partial charge is 0.417 e. The third-order valence-corrected chi connectivity index (χ3v) is 4.78. The largest absolute Gasteiger partial charge is 0.618 e. The van der Waals surface area contributed by atoms with Gasteiger partial charge in [0.2, 0.25) is 17.7 Å². The number of halogens is 1. The molecule has 3 aromatic rings. The van der Waals surface area contributed by atoms with E-state index in [0.717, 1.165) is 33.1 Å². The number of benzene rings is 1. The number of rotatable bonds is 0. The quantitative estimate of drug-likeness (QED) is 0.411. The molecular formula is C18H19BrN4O3. The number of fused-ring (bicyclic) bond motifs is 5. The highest BCUT2D eigenvalue weighted by atomic mass is 79.9. The Morgan fingerprint density at radius 1 is 1.35 bits per heavy atom. The maximum absolute atomic E-state index is 12.6. The summed E-state index contributed by atoms with van der Waals surface area (Å²) >= 11 is 3.41. The molecule has 1 amide bonds. The third kappa shape index (κ3) is 2.78. The Balaban J connectivity index is 1.91. The lowest BCUT2D eigenvalue weighted by Gasteiger charge is -2.30. The van der Waals surface area contributed by atoms with Crippen LogP contribution in [-0.4, -0.2) is 27.8 Å². The summed E-state index contributed by atoms with van der Waals surface area (Å²) in [5.74, 6) is 0.524. The molecule has 26 heavy (non-hydrogen) atoms. The molecule has 0 N–H and O–H groups in total. The van der Waals surface area contributed by atoms with Crippen LogP contribution in [0.4, 0.5) is 10.7 Å². The second kappa shape index (κ2) is 5.84. The third-order valence-electron chi connectivity index (χ3n) is 4.29. The molecule has 2 aromatic heterocycles. The first-order valence-electron chi connectivity index (χ1n) is 8.47. The lowest BCUT2D eigenvalue weighted by atomic mass is 10.2. The Morgan fingerprint density at radius 3 is 2.85 bits per heavy atom. The molecule has 1 aliphatic heterocycles. The van der Waals surface area contributed by atoms with Gasteiger partial charge in [0.05, 0.1) is 10.9 Å². The maximum Gasteiger partial charge on any atom is 0.417 e. The Bertz CT molecular complexity index is 1040. The van der Waals surface area contributed by atoms with Crippen molar-refractivity contribution in [3.63, 3.8) is 0 Å². The van der Waals surface area contributed by atoms with Gasteiger partial charge >= 0.3 is 6.09 Å². The van der Waals surface area contributed by atoms with Crippen molar-refractivity contribution >= 4 is 49.9 Å². The summed E-state index contributed by atoms with van der Waals surface area (Å²) in [4.78, 5) is 18.7. The number of carbonyl (C=O) groups excluding carboxylic acids is 1. The van der Waals surface area contributed by atoms with Gasteiger partial charge in [0.25, 0.3) is 0 Å². The summed E-state index contributed by atoms with van der Waals surface area (Å²) < 4.78 is 9.17. The van der Waals surface area contributed by atoms with E-state index in [1.165, 1.54) is 6.20 Å². The molecule has 0 radical (unpaired) electrons. The fraction of sp³-hybridized carbons (Fsp3) is 0.389. The zero-order chi connectivity index (χ0) is 18.6. The number of anilines is 1. The van der Waals surface area contributed by atoms with Gasteiger partial charge in [-0.15, -0.1) is 0 Å². The molecule has 0 atom stereocenters. The highest BCUT2D eigenvalue weighted by Crippen LogP contribution is 2.32. The summed E-state index contributed by atoms with van der Waals surface area (Å²) in [7, 11) is 0. The van der Waals surface area contributed by atoms with Crippen LogP contribution in [0.25, 0.3) is 21.9 Å². The highest BCUT2D eigenvalue weighted by Gasteiger charge is 2.31. The van der Waals surface area contributed by atoms with Crippen molar-refractivity contribution < 1.29 is 14.3 Å². The molecule has 4 rings (SSSR count). The highest BCUT2D eigenvalue weighted by molar-refractivity contribution is 9.10. The van der Waals surface area contributed by atoms with E-state index >= 15 is 0 Å². The molecule has 0 aliphatic carbocycles. The van der Waals surface area contributed by atoms with E-state index in [2.05, 4.69) is 20.9 Å². The summed E-state index contributed by atoms with van der Waals surface area (Å²) in [6, 6.07) is 5.59. The Kier molecular flexibility index (Phi) is 3.83. The van der Waals surface area contributed by atoms with Crippen molar-refractivity contribution in [1.29, 1.82) is 0 Å². The van der Waals surface area contributed by atoms with Gasteiger partial charge in [-0.3, -0.25) is 0 Å². The number of aromatic nitrogens is 3. The molecule has 0 bridgehead atoms. The van der Waals surface area contributed by atoms with Gasteiger partial charge in [-0.2, -0.15) is 4.73 Å². The molecule has 7 nitrogen and oxygen atoms in total. The van der Waals surface area contributed by atoms with E-state index in [1.807, 2.05) is 37.5 Å². The van der Waals surface area contributed by atoms with Crippen LogP contribution < -0.4 is 9.63 Å². The normalized spacial score (nSPS) is 14.7. The van der Waals surface area contributed by atoms with Gasteiger partial charge in [-0.1, -0.05) is 15.9 Å². The predicted octanol–water partition coefficient (Wildman–Crippen LogP) is 3.73. The maximum atomic E-state index is 12.6. The van der Waals surface area contributed by atoms with Crippen LogP contribution in [0.1, 0.15) is 27.2 Å². The van der Waals surface area contributed by atoms with Crippen LogP contribution in [-0.2, 0) is 11.3 Å². The number of ether oxygens (including phenoxy) is 1. The minimum absolute atomic E-state index is 0.421. The second-order valence-electron chi connectivity index (χ2n) is 7.40. The SMILES string of the molecule is CC(C)(C)OC(=O)N1CCCn2c1nc1c[n+]([O-])c3cc(Br)ccc3c12. The van der Waals surface area contributed by atoms with E-state index in [1.54, 1.807) is 11.0 Å². The predicted molar refractivity (Wildman–Crippen MR) is 102 cm³/mol. The first kappa shape index (κ1) is 17.1. The van der Waals surface area contributed by atoms with Crippen LogP contribution in [0.5, 0.6) is 0 Å². The van der Waals surface area contributed by atoms with Gasteiger partial charge in [0, 0.05) is 23.6 Å². The molecule has 0 unspecified atom stereocenters. The van der Waals surface area contributed by atoms with Crippen molar-refractivity contribution in [3.8, 4) is 0 Å². The molecule has 0 spiro atoms. The Hall–Kier alpha value is -2.35. The van der Waals surface area contributed by atoms with Crippen LogP contribution >= 0.6 is 15.9 Å². The molecule has 1 aliphatic rings. The first-order valence-corrected chi connectivity index (χ1v) is 9.26. The van der Waals surface area contributed by atoms with E-state index in [9.17, 15) is 10.0 Å². The molecule has 136 valence electrons. The minimum atomic E-state index is -0.581. The number of hydrogen-bond acceptors (Lipinski definition) is 4. The topological polar surface area (TPSA) is 74.3 Å². The minimum Gasteiger partial charge on any atom is -0.618 e. The van der Waals surface area contributed by atoms with E-state index in [-0.39, 0.29) is 0 Å². The van der Waals surface area contributed by atoms with E-state index in [4.69, 9.17) is 4.74 Å². The van der Waals surface area contributed by atoms with Crippen molar-refractivity contribution in [2.24, 2.45) is 0 Å². The first-order chi connectivity index (χ1) is 12.2. The molecule has 3 heterocycles. The van der Waals surface area contributed by atoms with Gasteiger partial charge in [-0.05, 0) is 39.3 Å². The summed E-state index contributed by atoms with van der Waals surface area (Å²) in [6.45, 7) is 6.79. The van der Waals surface area contributed by atoms with Crippen LogP contribution in [0.2, 0.25) is 0 Å². The number of aryl methyl sites for hydroxylation is 1. The number of hydrogen-bond donors (Lipinski definition) is 0. The fourth-order valence-corrected chi connectivity index (χ4v) is 3.64. The molecule has 8 heteroatoms. The average Bonchev–Trinajstić information content (AvgIpc) is 2.91. The van der Waals surface area contributed by atoms with E-state index < -0.39 is 11.7 Å². The molecule has 0 fully saturated rings. The van der Waals surface area contributed by atoms with Crippen LogP contribution in [0.15, 0.2) is 28.9 Å². The van der Waals surface area contributed by atoms with Gasteiger partial charge in [-0.25, -0.2) is 14.7 Å². The lowest BCUT2D eigenvalue weighted by molar-refractivity contribution is -0.575. The van der Waals surface area contributed by atoms with Gasteiger partial charge in [0.15, 0.2) is 5.52 Å². The number of amides is 1. The lowest BCUT2D eigenvalue weighted by Crippen LogP contribution is -2.41. The van der Waals surface area contributed by atoms with Crippen LogP contribution in [0, 0.1) is 5.21 Å². The van der Waals surface area contributed by atoms with Gasteiger partial charge < -0.3 is 14.5 Å². The van der Waals surface area contributed by atoms with Crippen molar-refractivity contribution in [3.05, 3.63) is 34.1 Å². The number of carbonyl (C=O) groups is 1. The van der Waals surface area contributed by atoms with Gasteiger partial charge in [0.1, 0.15) is 5.60 Å². The number of imidazole rings is 1. The van der Waals surface area contributed by atoms with Crippen molar-refractivity contribution in [2.75, 3.05) is 11.4 Å². The van der Waals surface area contributed by atoms with Crippen LogP contribution in [0.3, 0.4) is 0 Å². The Morgan fingerprint density at radius 2 is 2.12 bits per heavy atom.